The first kappa shape index (κ1) is 11.3. The van der Waals surface area contributed by atoms with Crippen LogP contribution in [0.1, 0.15) is 5.69 Å². The number of carbonyl (C=O) groups is 1. The van der Waals surface area contributed by atoms with Crippen molar-refractivity contribution in [2.45, 2.75) is 6.42 Å². The maximum Gasteiger partial charge on any atom is 0.311 e. The van der Waals surface area contributed by atoms with Crippen LogP contribution in [0.5, 0.6) is 0 Å². The molecule has 17 heavy (non-hydrogen) atoms. The lowest BCUT2D eigenvalue weighted by Gasteiger charge is -2.07. The number of nitrogens with zero attached hydrogens (tertiary/aromatic N) is 1. The van der Waals surface area contributed by atoms with Crippen LogP contribution in [-0.2, 0) is 16.0 Å². The molecule has 0 saturated heterocycles. The third-order valence-corrected chi connectivity index (χ3v) is 2.51. The summed E-state index contributed by atoms with van der Waals surface area (Å²) in [6.45, 7) is 0. The molecule has 2 aromatic rings. The largest absolute Gasteiger partial charge is 0.469 e. The predicted molar refractivity (Wildman–Crippen MR) is 65.4 cm³/mol. The van der Waals surface area contributed by atoms with Crippen molar-refractivity contribution in [1.29, 1.82) is 0 Å². The number of esters is 1. The van der Waals surface area contributed by atoms with Gasteiger partial charge in [0.25, 0.3) is 0 Å². The lowest BCUT2D eigenvalue weighted by atomic mass is 10.0. The van der Waals surface area contributed by atoms with Crippen molar-refractivity contribution in [3.63, 3.8) is 0 Å². The van der Waals surface area contributed by atoms with E-state index in [1.807, 2.05) is 42.5 Å². The molecule has 0 spiro atoms. The van der Waals surface area contributed by atoms with E-state index in [2.05, 4.69) is 9.72 Å². The molecule has 0 atom stereocenters. The zero-order chi connectivity index (χ0) is 12.1. The lowest BCUT2D eigenvalue weighted by molar-refractivity contribution is -0.139. The van der Waals surface area contributed by atoms with Crippen LogP contribution in [0, 0.1) is 0 Å². The Kier molecular flexibility index (Phi) is 3.50. The zero-order valence-electron chi connectivity index (χ0n) is 9.59. The summed E-state index contributed by atoms with van der Waals surface area (Å²) in [5.74, 6) is -0.277. The number of aromatic nitrogens is 1. The quantitative estimate of drug-likeness (QED) is 0.756. The van der Waals surface area contributed by atoms with E-state index in [0.717, 1.165) is 16.8 Å². The Labute approximate surface area is 100 Å². The summed E-state index contributed by atoms with van der Waals surface area (Å²) in [4.78, 5) is 15.5. The van der Waals surface area contributed by atoms with Crippen LogP contribution in [0.3, 0.4) is 0 Å². The fraction of sp³-hybridized carbons (Fsp3) is 0.143. The molecule has 0 aliphatic heterocycles. The van der Waals surface area contributed by atoms with Gasteiger partial charge in [0.15, 0.2) is 0 Å². The molecule has 0 radical (unpaired) electrons. The fourth-order valence-electron chi connectivity index (χ4n) is 1.67. The first-order valence-corrected chi connectivity index (χ1v) is 5.37. The van der Waals surface area contributed by atoms with Crippen molar-refractivity contribution in [1.82, 2.24) is 4.98 Å². The molecule has 3 heteroatoms. The van der Waals surface area contributed by atoms with Gasteiger partial charge in [-0.25, -0.2) is 0 Å². The van der Waals surface area contributed by atoms with Crippen LogP contribution < -0.4 is 0 Å². The summed E-state index contributed by atoms with van der Waals surface area (Å²) in [7, 11) is 1.38. The van der Waals surface area contributed by atoms with Crippen molar-refractivity contribution in [3.8, 4) is 11.1 Å². The van der Waals surface area contributed by atoms with Gasteiger partial charge in [-0.05, 0) is 11.6 Å². The Balaban J connectivity index is 2.38. The van der Waals surface area contributed by atoms with E-state index < -0.39 is 0 Å². The third kappa shape index (κ3) is 2.69. The minimum absolute atomic E-state index is 0.196. The Morgan fingerprint density at radius 3 is 2.65 bits per heavy atom. The molecule has 86 valence electrons. The molecule has 0 bridgehead atoms. The van der Waals surface area contributed by atoms with Gasteiger partial charge >= 0.3 is 5.97 Å². The molecular formula is C14H13NO2. The van der Waals surface area contributed by atoms with Gasteiger partial charge in [0.05, 0.1) is 19.2 Å². The van der Waals surface area contributed by atoms with Crippen molar-refractivity contribution in [2.24, 2.45) is 0 Å². The molecule has 3 nitrogen and oxygen atoms in total. The Bertz CT molecular complexity index is 509. The first-order chi connectivity index (χ1) is 8.31. The fourth-order valence-corrected chi connectivity index (χ4v) is 1.67. The van der Waals surface area contributed by atoms with E-state index in [4.69, 9.17) is 0 Å². The van der Waals surface area contributed by atoms with Crippen LogP contribution in [0.2, 0.25) is 0 Å². The van der Waals surface area contributed by atoms with E-state index in [1.165, 1.54) is 7.11 Å². The van der Waals surface area contributed by atoms with Crippen LogP contribution in [0.25, 0.3) is 11.1 Å². The Morgan fingerprint density at radius 2 is 1.94 bits per heavy atom. The SMILES string of the molecule is COC(=O)Cc1ncccc1-c1ccccc1. The number of hydrogen-bond acceptors (Lipinski definition) is 3. The third-order valence-electron chi connectivity index (χ3n) is 2.51. The Morgan fingerprint density at radius 1 is 1.18 bits per heavy atom. The van der Waals surface area contributed by atoms with Gasteiger partial charge in [-0.3, -0.25) is 9.78 Å². The van der Waals surface area contributed by atoms with E-state index >= 15 is 0 Å². The van der Waals surface area contributed by atoms with Gasteiger partial charge in [-0.15, -0.1) is 0 Å². The standard InChI is InChI=1S/C14H13NO2/c1-17-14(16)10-13-12(8-5-9-15-13)11-6-3-2-4-7-11/h2-9H,10H2,1H3. The molecule has 0 amide bonds. The van der Waals surface area contributed by atoms with Gasteiger partial charge in [-0.1, -0.05) is 36.4 Å². The molecule has 0 saturated carbocycles. The summed E-state index contributed by atoms with van der Waals surface area (Å²) < 4.78 is 4.67. The highest BCUT2D eigenvalue weighted by molar-refractivity contribution is 5.76. The molecule has 0 aliphatic carbocycles. The lowest BCUT2D eigenvalue weighted by Crippen LogP contribution is -2.07. The van der Waals surface area contributed by atoms with Crippen LogP contribution in [0.4, 0.5) is 0 Å². The van der Waals surface area contributed by atoms with Crippen molar-refractivity contribution in [2.75, 3.05) is 7.11 Å². The minimum Gasteiger partial charge on any atom is -0.469 e. The van der Waals surface area contributed by atoms with Crippen molar-refractivity contribution >= 4 is 5.97 Å². The smallest absolute Gasteiger partial charge is 0.311 e. The van der Waals surface area contributed by atoms with E-state index in [-0.39, 0.29) is 12.4 Å². The molecule has 0 aliphatic rings. The number of methoxy groups -OCH3 is 1. The molecule has 1 heterocycles. The second-order valence-corrected chi connectivity index (χ2v) is 3.62. The molecular weight excluding hydrogens is 214 g/mol. The van der Waals surface area contributed by atoms with Gasteiger partial charge in [-0.2, -0.15) is 0 Å². The molecule has 1 aromatic carbocycles. The average Bonchev–Trinajstić information content (AvgIpc) is 2.40. The minimum atomic E-state index is -0.277. The number of pyridine rings is 1. The van der Waals surface area contributed by atoms with Crippen LogP contribution in [0.15, 0.2) is 48.7 Å². The number of ether oxygens (including phenoxy) is 1. The maximum atomic E-state index is 11.3. The molecule has 1 aromatic heterocycles. The summed E-state index contributed by atoms with van der Waals surface area (Å²) >= 11 is 0. The van der Waals surface area contributed by atoms with E-state index in [9.17, 15) is 4.79 Å². The summed E-state index contributed by atoms with van der Waals surface area (Å²) in [5.41, 5.74) is 2.77. The Hall–Kier alpha value is -2.16. The number of hydrogen-bond donors (Lipinski definition) is 0. The highest BCUT2D eigenvalue weighted by Crippen LogP contribution is 2.22. The highest BCUT2D eigenvalue weighted by atomic mass is 16.5. The van der Waals surface area contributed by atoms with Gasteiger partial charge in [0.1, 0.15) is 0 Å². The summed E-state index contributed by atoms with van der Waals surface area (Å²) in [6.07, 6.45) is 1.88. The second kappa shape index (κ2) is 5.25. The summed E-state index contributed by atoms with van der Waals surface area (Å²) in [6, 6.07) is 13.7. The van der Waals surface area contributed by atoms with Crippen molar-refractivity contribution in [3.05, 3.63) is 54.4 Å². The van der Waals surface area contributed by atoms with Gasteiger partial charge in [0, 0.05) is 11.8 Å². The number of rotatable bonds is 3. The van der Waals surface area contributed by atoms with Gasteiger partial charge in [0.2, 0.25) is 0 Å². The number of carbonyl (C=O) groups excluding carboxylic acids is 1. The van der Waals surface area contributed by atoms with Gasteiger partial charge < -0.3 is 4.74 Å². The monoisotopic (exact) mass is 227 g/mol. The predicted octanol–water partition coefficient (Wildman–Crippen LogP) is 2.46. The van der Waals surface area contributed by atoms with Crippen LogP contribution >= 0.6 is 0 Å². The number of benzene rings is 1. The molecule has 2 rings (SSSR count). The van der Waals surface area contributed by atoms with Crippen molar-refractivity contribution < 1.29 is 9.53 Å². The second-order valence-electron chi connectivity index (χ2n) is 3.62. The highest BCUT2D eigenvalue weighted by Gasteiger charge is 2.10. The zero-order valence-corrected chi connectivity index (χ0v) is 9.59. The first-order valence-electron chi connectivity index (χ1n) is 5.37. The normalized spacial score (nSPS) is 9.94. The maximum absolute atomic E-state index is 11.3. The topological polar surface area (TPSA) is 39.2 Å². The molecule has 0 N–H and O–H groups in total. The van der Waals surface area contributed by atoms with E-state index in [1.54, 1.807) is 6.20 Å². The molecule has 0 fully saturated rings. The average molecular weight is 227 g/mol. The van der Waals surface area contributed by atoms with Crippen LogP contribution in [-0.4, -0.2) is 18.1 Å². The van der Waals surface area contributed by atoms with E-state index in [0.29, 0.717) is 0 Å². The molecule has 0 unspecified atom stereocenters. The summed E-state index contributed by atoms with van der Waals surface area (Å²) in [5, 5.41) is 0.